The third-order valence-electron chi connectivity index (χ3n) is 2.68. The molecule has 0 radical (unpaired) electrons. The lowest BCUT2D eigenvalue weighted by atomic mass is 10.2. The van der Waals surface area contributed by atoms with E-state index < -0.39 is 5.97 Å². The lowest BCUT2D eigenvalue weighted by molar-refractivity contribution is 0.0693. The Labute approximate surface area is 105 Å². The van der Waals surface area contributed by atoms with Gasteiger partial charge in [-0.2, -0.15) is 5.10 Å². The molecule has 0 bridgehead atoms. The maximum atomic E-state index is 11.2. The second kappa shape index (κ2) is 4.52. The van der Waals surface area contributed by atoms with Gasteiger partial charge in [0.05, 0.1) is 5.69 Å². The van der Waals surface area contributed by atoms with Gasteiger partial charge < -0.3 is 9.84 Å². The van der Waals surface area contributed by atoms with Gasteiger partial charge in [-0.15, -0.1) is 0 Å². The molecule has 1 aromatic heterocycles. The van der Waals surface area contributed by atoms with Crippen LogP contribution in [0.4, 0.5) is 0 Å². The van der Waals surface area contributed by atoms with Gasteiger partial charge in [0.1, 0.15) is 11.3 Å². The second-order valence-corrected chi connectivity index (χ2v) is 4.06. The summed E-state index contributed by atoms with van der Waals surface area (Å²) in [5, 5.41) is 13.2. The molecule has 5 heteroatoms. The number of carbonyl (C=O) groups is 1. The van der Waals surface area contributed by atoms with E-state index in [4.69, 9.17) is 4.74 Å². The number of aryl methyl sites for hydroxylation is 3. The van der Waals surface area contributed by atoms with Crippen LogP contribution < -0.4 is 4.74 Å². The lowest BCUT2D eigenvalue weighted by Crippen LogP contribution is -2.02. The van der Waals surface area contributed by atoms with Crippen molar-refractivity contribution in [1.29, 1.82) is 0 Å². The van der Waals surface area contributed by atoms with E-state index >= 15 is 0 Å². The molecule has 0 aliphatic heterocycles. The zero-order chi connectivity index (χ0) is 13.3. The van der Waals surface area contributed by atoms with E-state index in [1.807, 2.05) is 25.1 Å². The Morgan fingerprint density at radius 2 is 2.00 bits per heavy atom. The zero-order valence-corrected chi connectivity index (χ0v) is 10.5. The number of hydrogen-bond donors (Lipinski definition) is 1. The van der Waals surface area contributed by atoms with Gasteiger partial charge in [0.15, 0.2) is 0 Å². The summed E-state index contributed by atoms with van der Waals surface area (Å²) in [6.07, 6.45) is 0. The Kier molecular flexibility index (Phi) is 3.06. The van der Waals surface area contributed by atoms with Crippen LogP contribution in [0.2, 0.25) is 0 Å². The maximum absolute atomic E-state index is 11.2. The van der Waals surface area contributed by atoms with Crippen LogP contribution in [0.1, 0.15) is 21.6 Å². The molecule has 1 aromatic carbocycles. The molecule has 1 N–H and O–H groups in total. The summed E-state index contributed by atoms with van der Waals surface area (Å²) < 4.78 is 7.11. The fraction of sp³-hybridized carbons (Fsp3) is 0.231. The summed E-state index contributed by atoms with van der Waals surface area (Å²) in [6.45, 7) is 3.55. The summed E-state index contributed by atoms with van der Waals surface area (Å²) in [5.74, 6) is -0.165. The number of carboxylic acids is 1. The van der Waals surface area contributed by atoms with Crippen LogP contribution in [0.25, 0.3) is 0 Å². The van der Waals surface area contributed by atoms with Crippen molar-refractivity contribution in [2.45, 2.75) is 13.8 Å². The topological polar surface area (TPSA) is 64.3 Å². The van der Waals surface area contributed by atoms with Crippen LogP contribution in [-0.2, 0) is 7.05 Å². The van der Waals surface area contributed by atoms with Crippen molar-refractivity contribution in [3.05, 3.63) is 41.1 Å². The number of carboxylic acid groups (broad SMARTS) is 1. The Balaban J connectivity index is 2.47. The highest BCUT2D eigenvalue weighted by Gasteiger charge is 2.21. The molecule has 0 spiro atoms. The van der Waals surface area contributed by atoms with Crippen LogP contribution in [0, 0.1) is 13.8 Å². The molecule has 0 amide bonds. The summed E-state index contributed by atoms with van der Waals surface area (Å²) in [6, 6.07) is 7.43. The van der Waals surface area contributed by atoms with Gasteiger partial charge in [-0.25, -0.2) is 9.48 Å². The molecule has 0 aliphatic rings. The number of nitrogens with zero attached hydrogens (tertiary/aromatic N) is 2. The largest absolute Gasteiger partial charge is 0.477 e. The number of rotatable bonds is 3. The van der Waals surface area contributed by atoms with Crippen LogP contribution in [0.15, 0.2) is 24.3 Å². The quantitative estimate of drug-likeness (QED) is 0.903. The molecule has 0 saturated heterocycles. The molecule has 0 unspecified atom stereocenters. The van der Waals surface area contributed by atoms with Crippen molar-refractivity contribution >= 4 is 5.97 Å². The van der Waals surface area contributed by atoms with Crippen molar-refractivity contribution in [3.63, 3.8) is 0 Å². The Bertz CT molecular complexity index is 602. The molecule has 1 heterocycles. The van der Waals surface area contributed by atoms with E-state index in [-0.39, 0.29) is 11.4 Å². The number of hydrogen-bond acceptors (Lipinski definition) is 3. The predicted molar refractivity (Wildman–Crippen MR) is 66.2 cm³/mol. The predicted octanol–water partition coefficient (Wildman–Crippen LogP) is 2.53. The zero-order valence-electron chi connectivity index (χ0n) is 10.5. The minimum atomic E-state index is -1.04. The molecule has 94 valence electrons. The number of ether oxygens (including phenoxy) is 1. The molecule has 18 heavy (non-hydrogen) atoms. The third-order valence-corrected chi connectivity index (χ3v) is 2.68. The van der Waals surface area contributed by atoms with Gasteiger partial charge in [0.2, 0.25) is 5.88 Å². The first kappa shape index (κ1) is 12.2. The van der Waals surface area contributed by atoms with E-state index in [0.29, 0.717) is 11.4 Å². The fourth-order valence-corrected chi connectivity index (χ4v) is 1.78. The van der Waals surface area contributed by atoms with Crippen LogP contribution in [-0.4, -0.2) is 20.9 Å². The highest BCUT2D eigenvalue weighted by molar-refractivity contribution is 5.91. The molecule has 2 rings (SSSR count). The SMILES string of the molecule is Cc1ccccc1Oc1c(C(=O)O)c(C)nn1C. The standard InChI is InChI=1S/C13H14N2O3/c1-8-6-4-5-7-10(8)18-12-11(13(16)17)9(2)14-15(12)3/h4-7H,1-3H3,(H,16,17). The summed E-state index contributed by atoms with van der Waals surface area (Å²) in [7, 11) is 1.66. The minimum absolute atomic E-state index is 0.0979. The minimum Gasteiger partial charge on any atom is -0.477 e. The first-order valence-corrected chi connectivity index (χ1v) is 5.51. The van der Waals surface area contributed by atoms with Crippen LogP contribution in [0.3, 0.4) is 0 Å². The molecule has 5 nitrogen and oxygen atoms in total. The number of benzene rings is 1. The van der Waals surface area contributed by atoms with Crippen molar-refractivity contribution in [2.24, 2.45) is 7.05 Å². The molecule has 0 atom stereocenters. The van der Waals surface area contributed by atoms with Gasteiger partial charge in [0.25, 0.3) is 0 Å². The van der Waals surface area contributed by atoms with Crippen molar-refractivity contribution in [2.75, 3.05) is 0 Å². The molecular formula is C13H14N2O3. The van der Waals surface area contributed by atoms with Crippen molar-refractivity contribution in [3.8, 4) is 11.6 Å². The summed E-state index contributed by atoms with van der Waals surface area (Å²) in [4.78, 5) is 11.2. The average Bonchev–Trinajstić information content (AvgIpc) is 2.57. The normalized spacial score (nSPS) is 10.4. The van der Waals surface area contributed by atoms with Gasteiger partial charge in [0, 0.05) is 7.05 Å². The molecule has 0 fully saturated rings. The Morgan fingerprint density at radius 3 is 2.61 bits per heavy atom. The highest BCUT2D eigenvalue weighted by Crippen LogP contribution is 2.28. The number of para-hydroxylation sites is 1. The second-order valence-electron chi connectivity index (χ2n) is 4.06. The monoisotopic (exact) mass is 246 g/mol. The smallest absolute Gasteiger partial charge is 0.343 e. The van der Waals surface area contributed by atoms with Gasteiger partial charge in [-0.05, 0) is 25.5 Å². The van der Waals surface area contributed by atoms with Crippen LogP contribution in [0.5, 0.6) is 11.6 Å². The van der Waals surface area contributed by atoms with Crippen molar-refractivity contribution in [1.82, 2.24) is 9.78 Å². The highest BCUT2D eigenvalue weighted by atomic mass is 16.5. The van der Waals surface area contributed by atoms with Gasteiger partial charge in [-0.1, -0.05) is 18.2 Å². The first-order valence-electron chi connectivity index (χ1n) is 5.51. The number of aromatic nitrogens is 2. The molecule has 2 aromatic rings. The Hall–Kier alpha value is -2.30. The van der Waals surface area contributed by atoms with E-state index in [0.717, 1.165) is 5.56 Å². The van der Waals surface area contributed by atoms with Crippen molar-refractivity contribution < 1.29 is 14.6 Å². The first-order chi connectivity index (χ1) is 8.50. The van der Waals surface area contributed by atoms with Gasteiger partial charge >= 0.3 is 5.97 Å². The average molecular weight is 246 g/mol. The van der Waals surface area contributed by atoms with Gasteiger partial charge in [-0.3, -0.25) is 0 Å². The fourth-order valence-electron chi connectivity index (χ4n) is 1.78. The Morgan fingerprint density at radius 1 is 1.33 bits per heavy atom. The molecule has 0 saturated carbocycles. The number of aromatic carboxylic acids is 1. The molecular weight excluding hydrogens is 232 g/mol. The van der Waals surface area contributed by atoms with E-state index in [1.54, 1.807) is 20.0 Å². The maximum Gasteiger partial charge on any atom is 0.343 e. The summed E-state index contributed by atoms with van der Waals surface area (Å²) in [5.41, 5.74) is 1.47. The van der Waals surface area contributed by atoms with E-state index in [1.165, 1.54) is 4.68 Å². The van der Waals surface area contributed by atoms with E-state index in [2.05, 4.69) is 5.10 Å². The van der Waals surface area contributed by atoms with Crippen LogP contribution >= 0.6 is 0 Å². The summed E-state index contributed by atoms with van der Waals surface area (Å²) >= 11 is 0. The third kappa shape index (κ3) is 2.07. The molecule has 0 aliphatic carbocycles. The van der Waals surface area contributed by atoms with E-state index in [9.17, 15) is 9.90 Å². The lowest BCUT2D eigenvalue weighted by Gasteiger charge is -2.09.